The topological polar surface area (TPSA) is 21.3 Å². The summed E-state index contributed by atoms with van der Waals surface area (Å²) in [6.07, 6.45) is 0. The molecule has 0 atom stereocenters. The Morgan fingerprint density at radius 2 is 1.02 bits per heavy atom. The fourth-order valence-corrected chi connectivity index (χ4v) is 11.9. The average Bonchev–Trinajstić information content (AvgIpc) is 4.06. The van der Waals surface area contributed by atoms with Crippen LogP contribution in [0.5, 0.6) is 0 Å². The van der Waals surface area contributed by atoms with Gasteiger partial charge in [0.05, 0.1) is 22.4 Å². The van der Waals surface area contributed by atoms with Crippen LogP contribution in [-0.4, -0.2) is 4.57 Å². The second kappa shape index (κ2) is 14.5. The lowest BCUT2D eigenvalue weighted by Crippen LogP contribution is -2.12. The van der Waals surface area contributed by atoms with Gasteiger partial charge in [0.1, 0.15) is 11.2 Å². The molecule has 0 spiro atoms. The predicted molar refractivity (Wildman–Crippen MR) is 282 cm³/mol. The molecule has 3 heterocycles. The molecule has 0 radical (unpaired) electrons. The van der Waals surface area contributed by atoms with Crippen LogP contribution in [-0.2, 0) is 0 Å². The number of thiophene rings is 1. The smallest absolute Gasteiger partial charge is 0.143 e. The Hall–Kier alpha value is -8.44. The van der Waals surface area contributed by atoms with E-state index in [2.05, 4.69) is 234 Å². The summed E-state index contributed by atoms with van der Waals surface area (Å²) >= 11 is 1.87. The zero-order chi connectivity index (χ0) is 43.3. The number of para-hydroxylation sites is 5. The van der Waals surface area contributed by atoms with E-state index in [9.17, 15) is 0 Å². The summed E-state index contributed by atoms with van der Waals surface area (Å²) < 4.78 is 11.7. The van der Waals surface area contributed by atoms with E-state index in [-0.39, 0.29) is 0 Å². The van der Waals surface area contributed by atoms with Crippen LogP contribution >= 0.6 is 11.3 Å². The molecule has 0 amide bonds. The minimum Gasteiger partial charge on any atom is -0.455 e. The molecule has 0 aliphatic carbocycles. The van der Waals surface area contributed by atoms with Gasteiger partial charge in [-0.1, -0.05) is 170 Å². The van der Waals surface area contributed by atoms with E-state index in [4.69, 9.17) is 4.42 Å². The van der Waals surface area contributed by atoms with Crippen molar-refractivity contribution >= 4 is 114 Å². The van der Waals surface area contributed by atoms with Crippen molar-refractivity contribution in [3.05, 3.63) is 231 Å². The van der Waals surface area contributed by atoms with Gasteiger partial charge in [0.2, 0.25) is 0 Å². The maximum absolute atomic E-state index is 6.75. The standard InChI is InChI=1S/C62H38N2OS/c1-2-19-43-39(16-1)34-35-48-44(43)25-15-31-58(48)64(57-30-10-5-22-47(57)51-26-14-27-52-49-23-6-11-32-59(49)65-61(51)52)42-37-53(62-54(38-42)50-24-7-12-33-60(50)66-62)40-17-13-18-41(36-40)63-55-28-8-3-20-45(55)46-21-4-9-29-56(46)63/h1-38H. The van der Waals surface area contributed by atoms with Crippen molar-refractivity contribution in [1.29, 1.82) is 0 Å². The number of fused-ring (bicyclic) bond motifs is 12. The minimum atomic E-state index is 0.886. The maximum Gasteiger partial charge on any atom is 0.143 e. The number of aromatic nitrogens is 1. The van der Waals surface area contributed by atoms with Crippen molar-refractivity contribution in [2.45, 2.75) is 0 Å². The molecular formula is C62H38N2OS. The Kier molecular flexibility index (Phi) is 8.15. The van der Waals surface area contributed by atoms with E-state index in [0.29, 0.717) is 0 Å². The molecule has 4 heteroatoms. The summed E-state index contributed by atoms with van der Waals surface area (Å²) in [5, 5.41) is 12.1. The molecule has 0 saturated carbocycles. The monoisotopic (exact) mass is 858 g/mol. The van der Waals surface area contributed by atoms with E-state index >= 15 is 0 Å². The Morgan fingerprint density at radius 3 is 1.88 bits per heavy atom. The molecule has 0 bridgehead atoms. The predicted octanol–water partition coefficient (Wildman–Crippen LogP) is 18.2. The Balaban J connectivity index is 1.07. The summed E-state index contributed by atoms with van der Waals surface area (Å²) in [4.78, 5) is 2.50. The minimum absolute atomic E-state index is 0.886. The second-order valence-electron chi connectivity index (χ2n) is 17.2. The van der Waals surface area contributed by atoms with Crippen molar-refractivity contribution < 1.29 is 4.42 Å². The van der Waals surface area contributed by atoms with Gasteiger partial charge in [-0.2, -0.15) is 0 Å². The molecule has 3 nitrogen and oxygen atoms in total. The number of benzene rings is 11. The third kappa shape index (κ3) is 5.55. The van der Waals surface area contributed by atoms with Crippen molar-refractivity contribution in [2.75, 3.05) is 4.90 Å². The quantitative estimate of drug-likeness (QED) is 0.155. The summed E-state index contributed by atoms with van der Waals surface area (Å²) in [6, 6.07) is 84.1. The molecule has 3 aromatic heterocycles. The zero-order valence-corrected chi connectivity index (χ0v) is 36.5. The Labute approximate surface area is 384 Å². The molecule has 0 N–H and O–H groups in total. The van der Waals surface area contributed by atoms with Crippen LogP contribution in [0.4, 0.5) is 17.1 Å². The average molecular weight is 859 g/mol. The molecule has 0 unspecified atom stereocenters. The highest BCUT2D eigenvalue weighted by atomic mass is 32.1. The Bertz CT molecular complexity index is 4210. The van der Waals surface area contributed by atoms with Gasteiger partial charge >= 0.3 is 0 Å². The molecular weight excluding hydrogens is 821 g/mol. The first-order valence-electron chi connectivity index (χ1n) is 22.5. The van der Waals surface area contributed by atoms with Gasteiger partial charge in [0.25, 0.3) is 0 Å². The van der Waals surface area contributed by atoms with Crippen molar-refractivity contribution in [1.82, 2.24) is 4.57 Å². The molecule has 11 aromatic carbocycles. The van der Waals surface area contributed by atoms with E-state index in [0.717, 1.165) is 61.4 Å². The van der Waals surface area contributed by atoms with E-state index in [1.165, 1.54) is 69.1 Å². The number of nitrogens with zero attached hydrogens (tertiary/aromatic N) is 2. The lowest BCUT2D eigenvalue weighted by atomic mass is 9.96. The lowest BCUT2D eigenvalue weighted by Gasteiger charge is -2.30. The summed E-state index contributed by atoms with van der Waals surface area (Å²) in [6.45, 7) is 0. The van der Waals surface area contributed by atoms with Gasteiger partial charge in [-0.25, -0.2) is 0 Å². The second-order valence-corrected chi connectivity index (χ2v) is 18.2. The third-order valence-corrected chi connectivity index (χ3v) is 14.8. The molecule has 308 valence electrons. The molecule has 0 aliphatic rings. The SMILES string of the molecule is c1cc(-c2cc(N(c3ccccc3-c3cccc4c3oc3ccccc34)c3cccc4c3ccc3ccccc34)cc3c2sc2ccccc23)cc(-n2c3ccccc3c3ccccc32)c1. The fraction of sp³-hybridized carbons (Fsp3) is 0. The molecule has 14 aromatic rings. The number of rotatable bonds is 6. The van der Waals surface area contributed by atoms with Crippen LogP contribution in [0.15, 0.2) is 235 Å². The van der Waals surface area contributed by atoms with Crippen LogP contribution in [0.1, 0.15) is 0 Å². The molecule has 0 aliphatic heterocycles. The number of hydrogen-bond donors (Lipinski definition) is 0. The van der Waals surface area contributed by atoms with Gasteiger partial charge in [-0.15, -0.1) is 11.3 Å². The largest absolute Gasteiger partial charge is 0.455 e. The third-order valence-electron chi connectivity index (χ3n) is 13.6. The highest BCUT2D eigenvalue weighted by Crippen LogP contribution is 2.50. The first-order valence-corrected chi connectivity index (χ1v) is 23.3. The van der Waals surface area contributed by atoms with Gasteiger partial charge in [0, 0.05) is 75.2 Å². The molecule has 66 heavy (non-hydrogen) atoms. The summed E-state index contributed by atoms with van der Waals surface area (Å²) in [5.74, 6) is 0. The van der Waals surface area contributed by atoms with Crippen molar-refractivity contribution in [3.8, 4) is 27.9 Å². The lowest BCUT2D eigenvalue weighted by molar-refractivity contribution is 0.670. The highest BCUT2D eigenvalue weighted by molar-refractivity contribution is 7.26. The van der Waals surface area contributed by atoms with Crippen LogP contribution in [0.25, 0.3) is 113 Å². The van der Waals surface area contributed by atoms with Gasteiger partial charge in [0.15, 0.2) is 0 Å². The van der Waals surface area contributed by atoms with Crippen molar-refractivity contribution in [3.63, 3.8) is 0 Å². The first kappa shape index (κ1) is 37.0. The van der Waals surface area contributed by atoms with Gasteiger partial charge < -0.3 is 13.9 Å². The summed E-state index contributed by atoms with van der Waals surface area (Å²) in [5.41, 5.74) is 13.0. The van der Waals surface area contributed by atoms with Crippen LogP contribution < -0.4 is 4.90 Å². The number of furan rings is 1. The fourth-order valence-electron chi connectivity index (χ4n) is 10.7. The maximum atomic E-state index is 6.75. The first-order chi connectivity index (χ1) is 32.7. The van der Waals surface area contributed by atoms with Crippen molar-refractivity contribution in [2.24, 2.45) is 0 Å². The summed E-state index contributed by atoms with van der Waals surface area (Å²) in [7, 11) is 0. The molecule has 14 rings (SSSR count). The molecule has 0 saturated heterocycles. The van der Waals surface area contributed by atoms with Gasteiger partial charge in [-0.05, 0) is 82.4 Å². The van der Waals surface area contributed by atoms with E-state index in [1.54, 1.807) is 0 Å². The molecule has 0 fully saturated rings. The van der Waals surface area contributed by atoms with Crippen LogP contribution in [0, 0.1) is 0 Å². The zero-order valence-electron chi connectivity index (χ0n) is 35.7. The Morgan fingerprint density at radius 1 is 0.379 bits per heavy atom. The van der Waals surface area contributed by atoms with E-state index < -0.39 is 0 Å². The van der Waals surface area contributed by atoms with E-state index in [1.807, 2.05) is 17.4 Å². The van der Waals surface area contributed by atoms with Crippen LogP contribution in [0.2, 0.25) is 0 Å². The number of anilines is 3. The normalized spacial score (nSPS) is 11.9. The number of hydrogen-bond acceptors (Lipinski definition) is 3. The van der Waals surface area contributed by atoms with Crippen LogP contribution in [0.3, 0.4) is 0 Å². The highest BCUT2D eigenvalue weighted by Gasteiger charge is 2.25. The van der Waals surface area contributed by atoms with Gasteiger partial charge in [-0.3, -0.25) is 0 Å².